The molecule has 2 rings (SSSR count). The molecule has 1 fully saturated rings. The second kappa shape index (κ2) is 7.89. The van der Waals surface area contributed by atoms with Crippen LogP contribution in [0.4, 0.5) is 13.2 Å². The van der Waals surface area contributed by atoms with Gasteiger partial charge in [0.25, 0.3) is 5.91 Å². The Morgan fingerprint density at radius 1 is 1.12 bits per heavy atom. The largest absolute Gasteiger partial charge is 0.446 e. The molecule has 24 heavy (non-hydrogen) atoms. The van der Waals surface area contributed by atoms with Gasteiger partial charge < -0.3 is 10.2 Å². The molecule has 0 unspecified atom stereocenters. The van der Waals surface area contributed by atoms with E-state index in [9.17, 15) is 22.8 Å². The number of carbonyl (C=O) groups excluding carboxylic acids is 2. The molecule has 0 aliphatic carbocycles. The lowest BCUT2D eigenvalue weighted by Crippen LogP contribution is -2.50. The van der Waals surface area contributed by atoms with Crippen LogP contribution in [0, 0.1) is 0 Å². The van der Waals surface area contributed by atoms with Crippen LogP contribution < -0.4 is 5.32 Å². The molecule has 0 saturated carbocycles. The lowest BCUT2D eigenvalue weighted by atomic mass is 10.2. The molecular formula is C15H18F3N3O2S. The van der Waals surface area contributed by atoms with Gasteiger partial charge >= 0.3 is 5.51 Å². The zero-order valence-corrected chi connectivity index (χ0v) is 13.9. The molecule has 0 spiro atoms. The maximum Gasteiger partial charge on any atom is 0.446 e. The highest BCUT2D eigenvalue weighted by molar-refractivity contribution is 8.00. The molecule has 9 heteroatoms. The fourth-order valence-corrected chi connectivity index (χ4v) is 2.91. The first-order valence-electron chi connectivity index (χ1n) is 7.36. The predicted molar refractivity (Wildman–Crippen MR) is 84.8 cm³/mol. The first kappa shape index (κ1) is 18.6. The Bertz CT molecular complexity index is 585. The SMILES string of the molecule is CNC(=O)CN1CCN(C(=O)c2ccc(SC(F)(F)F)cc2)CC1. The van der Waals surface area contributed by atoms with E-state index in [1.165, 1.54) is 24.3 Å². The summed E-state index contributed by atoms with van der Waals surface area (Å²) in [6.07, 6.45) is 0. The van der Waals surface area contributed by atoms with E-state index in [2.05, 4.69) is 5.32 Å². The molecule has 1 heterocycles. The van der Waals surface area contributed by atoms with Gasteiger partial charge in [0.15, 0.2) is 0 Å². The molecule has 1 aliphatic rings. The van der Waals surface area contributed by atoms with E-state index in [0.717, 1.165) is 0 Å². The van der Waals surface area contributed by atoms with Crippen molar-refractivity contribution in [3.8, 4) is 0 Å². The van der Waals surface area contributed by atoms with E-state index in [1.54, 1.807) is 11.9 Å². The highest BCUT2D eigenvalue weighted by atomic mass is 32.2. The molecule has 1 aromatic rings. The molecule has 1 aromatic carbocycles. The van der Waals surface area contributed by atoms with Crippen molar-refractivity contribution >= 4 is 23.6 Å². The number of carbonyl (C=O) groups is 2. The number of rotatable bonds is 4. The lowest BCUT2D eigenvalue weighted by molar-refractivity contribution is -0.122. The van der Waals surface area contributed by atoms with E-state index < -0.39 is 5.51 Å². The Balaban J connectivity index is 1.90. The summed E-state index contributed by atoms with van der Waals surface area (Å²) < 4.78 is 36.9. The van der Waals surface area contributed by atoms with Crippen LogP contribution in [0.15, 0.2) is 29.2 Å². The van der Waals surface area contributed by atoms with Gasteiger partial charge in [-0.25, -0.2) is 0 Å². The fraction of sp³-hybridized carbons (Fsp3) is 0.467. The first-order chi connectivity index (χ1) is 11.3. The number of hydrogen-bond donors (Lipinski definition) is 1. The minimum Gasteiger partial charge on any atom is -0.358 e. The van der Waals surface area contributed by atoms with Crippen LogP contribution in [0.3, 0.4) is 0 Å². The molecule has 1 aliphatic heterocycles. The van der Waals surface area contributed by atoms with Gasteiger partial charge in [-0.2, -0.15) is 13.2 Å². The van der Waals surface area contributed by atoms with Crippen LogP contribution in [0.1, 0.15) is 10.4 Å². The molecule has 2 amide bonds. The molecule has 1 saturated heterocycles. The second-order valence-electron chi connectivity index (χ2n) is 5.31. The standard InChI is InChI=1S/C15H18F3N3O2S/c1-19-13(22)10-20-6-8-21(9-7-20)14(23)11-2-4-12(5-3-11)24-15(16,17)18/h2-5H,6-10H2,1H3,(H,19,22). The summed E-state index contributed by atoms with van der Waals surface area (Å²) in [5.74, 6) is -0.286. The summed E-state index contributed by atoms with van der Waals surface area (Å²) in [6.45, 7) is 2.42. The first-order valence-corrected chi connectivity index (χ1v) is 8.18. The predicted octanol–water partition coefficient (Wildman–Crippen LogP) is 1.80. The van der Waals surface area contributed by atoms with Crippen LogP contribution in [0.25, 0.3) is 0 Å². The quantitative estimate of drug-likeness (QED) is 0.831. The normalized spacial score (nSPS) is 16.1. The molecule has 0 atom stereocenters. The molecule has 1 N–H and O–H groups in total. The zero-order chi connectivity index (χ0) is 17.7. The maximum absolute atomic E-state index is 12.4. The lowest BCUT2D eigenvalue weighted by Gasteiger charge is -2.34. The molecule has 5 nitrogen and oxygen atoms in total. The number of nitrogens with zero attached hydrogens (tertiary/aromatic N) is 2. The maximum atomic E-state index is 12.4. The van der Waals surface area contributed by atoms with Crippen LogP contribution in [-0.2, 0) is 4.79 Å². The van der Waals surface area contributed by atoms with E-state index >= 15 is 0 Å². The highest BCUT2D eigenvalue weighted by Gasteiger charge is 2.29. The van der Waals surface area contributed by atoms with E-state index in [4.69, 9.17) is 0 Å². The number of thioether (sulfide) groups is 1. The van der Waals surface area contributed by atoms with E-state index in [1.807, 2.05) is 4.90 Å². The Labute approximate surface area is 142 Å². The number of amides is 2. The average molecular weight is 361 g/mol. The fourth-order valence-electron chi connectivity index (χ4n) is 2.37. The van der Waals surface area contributed by atoms with Crippen LogP contribution >= 0.6 is 11.8 Å². The van der Waals surface area contributed by atoms with Gasteiger partial charge in [0.05, 0.1) is 6.54 Å². The topological polar surface area (TPSA) is 52.7 Å². The number of halogens is 3. The summed E-state index contributed by atoms with van der Waals surface area (Å²) in [6, 6.07) is 5.42. The van der Waals surface area contributed by atoms with Gasteiger partial charge in [0.1, 0.15) is 0 Å². The zero-order valence-electron chi connectivity index (χ0n) is 13.1. The highest BCUT2D eigenvalue weighted by Crippen LogP contribution is 2.36. The minimum absolute atomic E-state index is 0.0504. The van der Waals surface area contributed by atoms with E-state index in [-0.39, 0.29) is 28.5 Å². The number of piperazine rings is 1. The summed E-state index contributed by atoms with van der Waals surface area (Å²) in [5, 5.41) is 2.55. The Kier molecular flexibility index (Phi) is 6.11. The number of benzene rings is 1. The second-order valence-corrected chi connectivity index (χ2v) is 6.45. The van der Waals surface area contributed by atoms with Crippen molar-refractivity contribution in [2.24, 2.45) is 0 Å². The Hall–Kier alpha value is -1.74. The third-order valence-corrected chi connectivity index (χ3v) is 4.38. The number of alkyl halides is 3. The van der Waals surface area contributed by atoms with Gasteiger partial charge in [-0.1, -0.05) is 0 Å². The Morgan fingerprint density at radius 3 is 2.21 bits per heavy atom. The van der Waals surface area contributed by atoms with E-state index in [0.29, 0.717) is 38.3 Å². The molecule has 132 valence electrons. The van der Waals surface area contributed by atoms with Crippen LogP contribution in [0.5, 0.6) is 0 Å². The summed E-state index contributed by atoms with van der Waals surface area (Å²) in [4.78, 5) is 27.4. The van der Waals surface area contributed by atoms with Crippen molar-refractivity contribution in [3.63, 3.8) is 0 Å². The minimum atomic E-state index is -4.34. The Morgan fingerprint density at radius 2 is 1.71 bits per heavy atom. The third kappa shape index (κ3) is 5.41. The van der Waals surface area contributed by atoms with Gasteiger partial charge in [-0.3, -0.25) is 14.5 Å². The van der Waals surface area contributed by atoms with Crippen LogP contribution in [0.2, 0.25) is 0 Å². The summed E-state index contributed by atoms with van der Waals surface area (Å²) in [7, 11) is 1.57. The van der Waals surface area contributed by atoms with Crippen molar-refractivity contribution in [3.05, 3.63) is 29.8 Å². The molecule has 0 bridgehead atoms. The van der Waals surface area contributed by atoms with Gasteiger partial charge in [-0.15, -0.1) is 0 Å². The number of likely N-dealkylation sites (N-methyl/N-ethyl adjacent to an activating group) is 1. The summed E-state index contributed by atoms with van der Waals surface area (Å²) >= 11 is -0.205. The van der Waals surface area contributed by atoms with Crippen molar-refractivity contribution < 1.29 is 22.8 Å². The van der Waals surface area contributed by atoms with Crippen molar-refractivity contribution in [2.45, 2.75) is 10.4 Å². The monoisotopic (exact) mass is 361 g/mol. The van der Waals surface area contributed by atoms with Crippen molar-refractivity contribution in [1.82, 2.24) is 15.1 Å². The van der Waals surface area contributed by atoms with Crippen molar-refractivity contribution in [1.29, 1.82) is 0 Å². The molecule has 0 radical (unpaired) electrons. The molecule has 0 aromatic heterocycles. The number of nitrogens with one attached hydrogen (secondary N) is 1. The van der Waals surface area contributed by atoms with Gasteiger partial charge in [-0.05, 0) is 36.0 Å². The van der Waals surface area contributed by atoms with Crippen LogP contribution in [-0.4, -0.2) is 66.9 Å². The number of hydrogen-bond acceptors (Lipinski definition) is 4. The third-order valence-electron chi connectivity index (χ3n) is 3.64. The van der Waals surface area contributed by atoms with Crippen molar-refractivity contribution in [2.75, 3.05) is 39.8 Å². The molecular weight excluding hydrogens is 343 g/mol. The van der Waals surface area contributed by atoms with Gasteiger partial charge in [0.2, 0.25) is 5.91 Å². The average Bonchev–Trinajstić information content (AvgIpc) is 2.54. The van der Waals surface area contributed by atoms with Gasteiger partial charge in [0, 0.05) is 43.7 Å². The smallest absolute Gasteiger partial charge is 0.358 e. The summed E-state index contributed by atoms with van der Waals surface area (Å²) in [5.41, 5.74) is -3.98.